The molecule has 0 saturated heterocycles. The van der Waals surface area contributed by atoms with Gasteiger partial charge in [0.2, 0.25) is 0 Å². The van der Waals surface area contributed by atoms with Crippen LogP contribution < -0.4 is 20.9 Å². The van der Waals surface area contributed by atoms with Crippen molar-refractivity contribution < 1.29 is 25.9 Å². The van der Waals surface area contributed by atoms with Gasteiger partial charge in [-0.05, 0) is 91.0 Å². The molecule has 0 aromatic heterocycles. The van der Waals surface area contributed by atoms with Crippen molar-refractivity contribution in [2.45, 2.75) is 9.79 Å². The van der Waals surface area contributed by atoms with E-state index in [0.29, 0.717) is 56.1 Å². The molecule has 5 aromatic carbocycles. The number of hydrogen-bond acceptors (Lipinski definition) is 12. The molecule has 1 aliphatic carbocycles. The number of aliphatic imine (C=N–C) groups is 2. The maximum Gasteiger partial charge on any atom is 0.124 e. The highest BCUT2D eigenvalue weighted by Gasteiger charge is 2.25. The molecule has 0 aliphatic heterocycles. The number of anilines is 4. The van der Waals surface area contributed by atoms with Gasteiger partial charge in [0.25, 0.3) is 0 Å². The molecule has 0 fully saturated rings. The second-order valence-electron chi connectivity index (χ2n) is 12.0. The monoisotopic (exact) mass is 708 g/mol. The lowest BCUT2D eigenvalue weighted by molar-refractivity contribution is 0.461. The first kappa shape index (κ1) is 34.3. The van der Waals surface area contributed by atoms with Gasteiger partial charge in [-0.1, -0.05) is 12.1 Å². The average Bonchev–Trinajstić information content (AvgIpc) is 3.06. The highest BCUT2D eigenvalue weighted by molar-refractivity contribution is 7.86. The Morgan fingerprint density at radius 2 is 1.22 bits per heavy atom. The Morgan fingerprint density at radius 1 is 0.640 bits per heavy atom. The Morgan fingerprint density at radius 3 is 1.82 bits per heavy atom. The number of rotatable bonds is 8. The Labute approximate surface area is 290 Å². The fourth-order valence-electron chi connectivity index (χ4n) is 5.50. The number of allylic oxidation sites excluding steroid dienone is 2. The molecule has 14 heteroatoms. The molecule has 0 saturated carbocycles. The molecule has 12 nitrogen and oxygen atoms in total. The first-order valence-electron chi connectivity index (χ1n) is 15.2. The van der Waals surface area contributed by atoms with Crippen molar-refractivity contribution in [1.29, 1.82) is 0 Å². The predicted octanol–water partition coefficient (Wildman–Crippen LogP) is 5.61. The molecule has 0 bridgehead atoms. The van der Waals surface area contributed by atoms with E-state index < -0.39 is 30.0 Å². The quantitative estimate of drug-likeness (QED) is 0.152. The molecule has 0 amide bonds. The van der Waals surface area contributed by atoms with Crippen molar-refractivity contribution in [3.63, 3.8) is 0 Å². The third kappa shape index (κ3) is 7.09. The van der Waals surface area contributed by atoms with E-state index in [9.17, 15) is 25.9 Å². The third-order valence-electron chi connectivity index (χ3n) is 8.15. The average molecular weight is 709 g/mol. The van der Waals surface area contributed by atoms with E-state index in [1.165, 1.54) is 36.4 Å². The van der Waals surface area contributed by atoms with E-state index in [4.69, 9.17) is 15.7 Å². The van der Waals surface area contributed by atoms with Gasteiger partial charge in [0.15, 0.2) is 0 Å². The maximum absolute atomic E-state index is 12.2. The molecule has 0 radical (unpaired) electrons. The number of nitrogens with two attached hydrogens (primary N) is 1. The second kappa shape index (κ2) is 13.1. The van der Waals surface area contributed by atoms with Crippen LogP contribution in [0.4, 0.5) is 34.1 Å². The summed E-state index contributed by atoms with van der Waals surface area (Å²) >= 11 is 0. The van der Waals surface area contributed by atoms with Crippen LogP contribution in [-0.2, 0) is 20.2 Å². The van der Waals surface area contributed by atoms with Crippen LogP contribution >= 0.6 is 0 Å². The van der Waals surface area contributed by atoms with Gasteiger partial charge in [-0.2, -0.15) is 0 Å². The molecule has 1 aliphatic rings. The lowest BCUT2D eigenvalue weighted by Gasteiger charge is -2.24. The topological polar surface area (TPSA) is 184 Å². The van der Waals surface area contributed by atoms with E-state index in [2.05, 4.69) is 5.32 Å². The van der Waals surface area contributed by atoms with Gasteiger partial charge in [-0.3, -0.25) is 0 Å². The van der Waals surface area contributed by atoms with Gasteiger partial charge < -0.3 is 30.0 Å². The number of nitrogen functional groups attached to an aromatic ring is 1. The smallest absolute Gasteiger partial charge is 0.124 e. The van der Waals surface area contributed by atoms with Crippen molar-refractivity contribution in [3.05, 3.63) is 120 Å². The molecular formula is C36H32N6O6S2-2. The molecule has 0 spiro atoms. The van der Waals surface area contributed by atoms with Crippen molar-refractivity contribution in [1.82, 2.24) is 0 Å². The number of hydrogen-bond donors (Lipinski definition) is 2. The largest absolute Gasteiger partial charge is 0.744 e. The number of fused-ring (bicyclic) bond motifs is 2. The normalized spacial score (nSPS) is 14.8. The molecule has 0 heterocycles. The standard InChI is InChI=1S/C36H34N6O6S2/c1-41(2)24-9-5-22(6-10-24)38-34-21-35(39-23-7-11-25(12-8-23)42(3)4)36(29-16-14-27(20-31(29)34)50(46,47)48)40-33-18-17-32(37)28-15-13-26(19-30(28)33)49(43,44)45/h5-21,39H,37H2,1-4H3,(H,43,44,45)(H,46,47,48)/p-2. The van der Waals surface area contributed by atoms with Gasteiger partial charge in [0.05, 0.1) is 38.3 Å². The van der Waals surface area contributed by atoms with Crippen LogP contribution in [0.2, 0.25) is 0 Å². The maximum atomic E-state index is 12.2. The van der Waals surface area contributed by atoms with E-state index in [0.717, 1.165) is 11.4 Å². The summed E-state index contributed by atoms with van der Waals surface area (Å²) < 4.78 is 72.4. The number of nitrogens with one attached hydrogen (secondary N) is 1. The highest BCUT2D eigenvalue weighted by Crippen LogP contribution is 2.36. The van der Waals surface area contributed by atoms with Crippen molar-refractivity contribution in [2.24, 2.45) is 9.98 Å². The van der Waals surface area contributed by atoms with Gasteiger partial charge >= 0.3 is 0 Å². The molecule has 3 N–H and O–H groups in total. The zero-order valence-corrected chi connectivity index (χ0v) is 29.1. The number of nitrogens with zero attached hydrogens (tertiary/aromatic N) is 4. The lowest BCUT2D eigenvalue weighted by Crippen LogP contribution is -2.23. The van der Waals surface area contributed by atoms with Crippen LogP contribution in [-0.4, -0.2) is 65.6 Å². The summed E-state index contributed by atoms with van der Waals surface area (Å²) in [5, 5.41) is 4.20. The van der Waals surface area contributed by atoms with Gasteiger partial charge in [0, 0.05) is 72.8 Å². The Hall–Kier alpha value is -5.54. The summed E-state index contributed by atoms with van der Waals surface area (Å²) in [6.45, 7) is 0. The highest BCUT2D eigenvalue weighted by atomic mass is 32.2. The van der Waals surface area contributed by atoms with Crippen molar-refractivity contribution >= 4 is 76.6 Å². The van der Waals surface area contributed by atoms with Crippen LogP contribution in [0.3, 0.4) is 0 Å². The molecule has 0 atom stereocenters. The molecule has 0 unspecified atom stereocenters. The molecule has 50 heavy (non-hydrogen) atoms. The lowest BCUT2D eigenvalue weighted by atomic mass is 9.90. The Balaban J connectivity index is 1.62. The van der Waals surface area contributed by atoms with E-state index in [1.807, 2.05) is 86.5 Å². The third-order valence-corrected chi connectivity index (χ3v) is 9.81. The van der Waals surface area contributed by atoms with E-state index in [1.54, 1.807) is 18.2 Å². The van der Waals surface area contributed by atoms with E-state index in [-0.39, 0.29) is 5.69 Å². The van der Waals surface area contributed by atoms with Crippen LogP contribution in [0.25, 0.3) is 10.8 Å². The van der Waals surface area contributed by atoms with Crippen molar-refractivity contribution in [2.75, 3.05) is 49.0 Å². The van der Waals surface area contributed by atoms with Gasteiger partial charge in [-0.25, -0.2) is 26.8 Å². The van der Waals surface area contributed by atoms with Crippen LogP contribution in [0.15, 0.2) is 129 Å². The second-order valence-corrected chi connectivity index (χ2v) is 14.7. The molecule has 256 valence electrons. The fraction of sp³-hybridized carbons (Fsp3) is 0.111. The minimum absolute atomic E-state index is 0.288. The Bertz CT molecular complexity index is 2460. The molecular weight excluding hydrogens is 677 g/mol. The fourth-order valence-corrected chi connectivity index (χ4v) is 6.50. The van der Waals surface area contributed by atoms with E-state index >= 15 is 0 Å². The van der Waals surface area contributed by atoms with Crippen molar-refractivity contribution in [3.8, 4) is 0 Å². The minimum Gasteiger partial charge on any atom is -0.744 e. The summed E-state index contributed by atoms with van der Waals surface area (Å²) in [6.07, 6.45) is 1.70. The number of benzene rings is 5. The minimum atomic E-state index is -4.84. The predicted molar refractivity (Wildman–Crippen MR) is 196 cm³/mol. The Kier molecular flexibility index (Phi) is 8.97. The molecule has 6 rings (SSSR count). The zero-order valence-electron chi connectivity index (χ0n) is 27.4. The summed E-state index contributed by atoms with van der Waals surface area (Å²) in [7, 11) is -1.95. The SMILES string of the molecule is CN(C)c1ccc(N=C2C=C(Nc3ccc(N(C)C)cc3)C(=Nc3ccc(N)c4ccc(S(=O)(=O)[O-])cc34)c3ccc(S(=O)(=O)[O-])cc32)cc1. The zero-order chi connectivity index (χ0) is 36.0. The first-order chi connectivity index (χ1) is 23.6. The van der Waals surface area contributed by atoms with Crippen LogP contribution in [0.5, 0.6) is 0 Å². The van der Waals surface area contributed by atoms with Crippen LogP contribution in [0, 0.1) is 0 Å². The first-order valence-corrected chi connectivity index (χ1v) is 18.0. The summed E-state index contributed by atoms with van der Waals surface area (Å²) in [5.74, 6) is 0. The van der Waals surface area contributed by atoms with Crippen LogP contribution in [0.1, 0.15) is 11.1 Å². The summed E-state index contributed by atoms with van der Waals surface area (Å²) in [5.41, 5.74) is 12.0. The molecule has 5 aromatic rings. The van der Waals surface area contributed by atoms with Gasteiger partial charge in [-0.15, -0.1) is 0 Å². The summed E-state index contributed by atoms with van der Waals surface area (Å²) in [6, 6.07) is 26.1. The van der Waals surface area contributed by atoms with Gasteiger partial charge in [0.1, 0.15) is 20.2 Å². The summed E-state index contributed by atoms with van der Waals surface area (Å²) in [4.78, 5) is 12.8.